The minimum absolute atomic E-state index is 0.100. The van der Waals surface area contributed by atoms with Gasteiger partial charge in [-0.25, -0.2) is 9.18 Å². The number of nitrogens with zero attached hydrogens (tertiary/aromatic N) is 1. The van der Waals surface area contributed by atoms with Crippen molar-refractivity contribution in [2.75, 3.05) is 5.32 Å². The number of nitriles is 1. The molecule has 2 aromatic carbocycles. The number of nitrogens with one attached hydrogen (secondary N) is 1. The fourth-order valence-electron chi connectivity index (χ4n) is 2.35. The smallest absolute Gasteiger partial charge is 0.350 e. The van der Waals surface area contributed by atoms with Crippen molar-refractivity contribution < 1.29 is 18.7 Å². The van der Waals surface area contributed by atoms with Crippen molar-refractivity contribution in [1.29, 1.82) is 5.26 Å². The summed E-state index contributed by atoms with van der Waals surface area (Å²) in [6.45, 7) is 1.42. The number of fused-ring (bicyclic) bond motifs is 1. The molecule has 136 valence electrons. The molecule has 0 saturated carbocycles. The highest BCUT2D eigenvalue weighted by molar-refractivity contribution is 7.21. The molecule has 8 heteroatoms. The maximum atomic E-state index is 13.3. The Hall–Kier alpha value is -2.95. The van der Waals surface area contributed by atoms with Crippen LogP contribution >= 0.6 is 22.9 Å². The highest BCUT2D eigenvalue weighted by Crippen LogP contribution is 2.36. The van der Waals surface area contributed by atoms with E-state index in [1.807, 2.05) is 6.07 Å². The number of amides is 1. The Bertz CT molecular complexity index is 1090. The van der Waals surface area contributed by atoms with E-state index in [1.54, 1.807) is 18.2 Å². The maximum absolute atomic E-state index is 13.3. The Balaban J connectivity index is 1.72. The largest absolute Gasteiger partial charge is 0.448 e. The fraction of sp³-hybridized carbons (Fsp3) is 0.105. The number of rotatable bonds is 4. The molecule has 0 aliphatic carbocycles. The van der Waals surface area contributed by atoms with Gasteiger partial charge in [0.2, 0.25) is 0 Å². The van der Waals surface area contributed by atoms with Crippen molar-refractivity contribution in [3.05, 3.63) is 63.7 Å². The first-order chi connectivity index (χ1) is 12.9. The fourth-order valence-corrected chi connectivity index (χ4v) is 3.76. The lowest BCUT2D eigenvalue weighted by Crippen LogP contribution is -2.29. The minimum Gasteiger partial charge on any atom is -0.448 e. The summed E-state index contributed by atoms with van der Waals surface area (Å²) in [6.07, 6.45) is -1.10. The Kier molecular flexibility index (Phi) is 5.40. The lowest BCUT2D eigenvalue weighted by atomic mass is 10.2. The van der Waals surface area contributed by atoms with Crippen molar-refractivity contribution >= 4 is 50.6 Å². The van der Waals surface area contributed by atoms with Crippen LogP contribution in [0.5, 0.6) is 0 Å². The van der Waals surface area contributed by atoms with E-state index in [9.17, 15) is 14.0 Å². The number of anilines is 1. The third kappa shape index (κ3) is 4.08. The van der Waals surface area contributed by atoms with Crippen LogP contribution in [0.4, 0.5) is 10.1 Å². The van der Waals surface area contributed by atoms with Crippen LogP contribution in [0.15, 0.2) is 42.5 Å². The van der Waals surface area contributed by atoms with E-state index in [0.717, 1.165) is 11.3 Å². The van der Waals surface area contributed by atoms with Crippen LogP contribution in [-0.2, 0) is 9.53 Å². The number of carbonyl (C=O) groups is 2. The summed E-state index contributed by atoms with van der Waals surface area (Å²) >= 11 is 7.18. The summed E-state index contributed by atoms with van der Waals surface area (Å²) in [6, 6.07) is 12.3. The van der Waals surface area contributed by atoms with Gasteiger partial charge in [0.1, 0.15) is 10.7 Å². The lowest BCUT2D eigenvalue weighted by molar-refractivity contribution is -0.123. The molecule has 0 bridgehead atoms. The van der Waals surface area contributed by atoms with Crippen molar-refractivity contribution in [2.24, 2.45) is 0 Å². The number of thiophene rings is 1. The molecule has 0 aliphatic rings. The van der Waals surface area contributed by atoms with E-state index in [4.69, 9.17) is 21.6 Å². The predicted octanol–water partition coefficient (Wildman–Crippen LogP) is 4.75. The first kappa shape index (κ1) is 18.8. The van der Waals surface area contributed by atoms with Crippen molar-refractivity contribution in [2.45, 2.75) is 13.0 Å². The third-order valence-corrected chi connectivity index (χ3v) is 5.33. The van der Waals surface area contributed by atoms with Crippen LogP contribution in [-0.4, -0.2) is 18.0 Å². The van der Waals surface area contributed by atoms with Crippen molar-refractivity contribution in [3.8, 4) is 6.07 Å². The predicted molar refractivity (Wildman–Crippen MR) is 101 cm³/mol. The topological polar surface area (TPSA) is 79.2 Å². The van der Waals surface area contributed by atoms with Gasteiger partial charge in [-0.2, -0.15) is 5.26 Å². The van der Waals surface area contributed by atoms with Crippen LogP contribution in [0.3, 0.4) is 0 Å². The van der Waals surface area contributed by atoms with Gasteiger partial charge in [0, 0.05) is 15.8 Å². The molecule has 3 aromatic rings. The average molecular weight is 403 g/mol. The summed E-state index contributed by atoms with van der Waals surface area (Å²) < 4.78 is 19.0. The number of halogens is 2. The normalized spacial score (nSPS) is 11.6. The van der Waals surface area contributed by atoms with E-state index in [-0.39, 0.29) is 9.90 Å². The summed E-state index contributed by atoms with van der Waals surface area (Å²) in [7, 11) is 0. The van der Waals surface area contributed by atoms with Crippen LogP contribution < -0.4 is 5.32 Å². The van der Waals surface area contributed by atoms with E-state index < -0.39 is 23.8 Å². The zero-order valence-corrected chi connectivity index (χ0v) is 15.5. The summed E-state index contributed by atoms with van der Waals surface area (Å²) in [5, 5.41) is 12.2. The molecule has 1 atom stereocenters. The second-order valence-electron chi connectivity index (χ2n) is 5.62. The van der Waals surface area contributed by atoms with Crippen molar-refractivity contribution in [3.63, 3.8) is 0 Å². The van der Waals surface area contributed by atoms with Crippen LogP contribution in [0.2, 0.25) is 5.02 Å². The molecular weight excluding hydrogens is 391 g/mol. The summed E-state index contributed by atoms with van der Waals surface area (Å²) in [4.78, 5) is 24.7. The van der Waals surface area contributed by atoms with E-state index in [0.29, 0.717) is 21.3 Å². The Morgan fingerprint density at radius 1 is 1.30 bits per heavy atom. The van der Waals surface area contributed by atoms with Crippen LogP contribution in [0, 0.1) is 17.1 Å². The number of ether oxygens (including phenoxy) is 1. The molecule has 1 amide bonds. The standard InChI is InChI=1S/C19H12ClFN2O3S/c1-10(18(24)23-13-4-2-3-11(7-13)9-22)26-19(25)17-16(20)14-6-5-12(21)8-15(14)27-17/h2-8,10H,1H3,(H,23,24)/t10-/m0/s1. The van der Waals surface area contributed by atoms with E-state index in [1.165, 1.54) is 31.2 Å². The zero-order valence-electron chi connectivity index (χ0n) is 14.0. The first-order valence-corrected chi connectivity index (χ1v) is 8.98. The molecule has 1 heterocycles. The van der Waals surface area contributed by atoms with Gasteiger partial charge in [-0.3, -0.25) is 4.79 Å². The lowest BCUT2D eigenvalue weighted by Gasteiger charge is -2.13. The number of esters is 1. The molecule has 0 aliphatic heterocycles. The van der Waals surface area contributed by atoms with Gasteiger partial charge in [-0.15, -0.1) is 11.3 Å². The SMILES string of the molecule is C[C@H](OC(=O)c1sc2cc(F)ccc2c1Cl)C(=O)Nc1cccc(C#N)c1. The Morgan fingerprint density at radius 3 is 2.81 bits per heavy atom. The molecule has 0 fully saturated rings. The quantitative estimate of drug-likeness (QED) is 0.638. The molecule has 0 radical (unpaired) electrons. The summed E-state index contributed by atoms with van der Waals surface area (Å²) in [5.41, 5.74) is 0.805. The molecule has 1 aromatic heterocycles. The van der Waals surface area contributed by atoms with Crippen molar-refractivity contribution in [1.82, 2.24) is 0 Å². The van der Waals surface area contributed by atoms with Crippen LogP contribution in [0.25, 0.3) is 10.1 Å². The summed E-state index contributed by atoms with van der Waals surface area (Å²) in [5.74, 6) is -1.76. The molecule has 1 N–H and O–H groups in total. The highest BCUT2D eigenvalue weighted by atomic mass is 35.5. The van der Waals surface area contributed by atoms with Gasteiger partial charge in [-0.05, 0) is 43.3 Å². The third-order valence-electron chi connectivity index (χ3n) is 3.69. The maximum Gasteiger partial charge on any atom is 0.350 e. The van der Waals surface area contributed by atoms with Crippen LogP contribution in [0.1, 0.15) is 22.2 Å². The van der Waals surface area contributed by atoms with E-state index in [2.05, 4.69) is 5.32 Å². The van der Waals surface area contributed by atoms with E-state index >= 15 is 0 Å². The molecule has 0 saturated heterocycles. The van der Waals surface area contributed by atoms with Gasteiger partial charge in [0.05, 0.1) is 16.7 Å². The van der Waals surface area contributed by atoms with Gasteiger partial charge in [-0.1, -0.05) is 17.7 Å². The second-order valence-corrected chi connectivity index (χ2v) is 7.05. The number of benzene rings is 2. The molecule has 27 heavy (non-hydrogen) atoms. The van der Waals surface area contributed by atoms with Gasteiger partial charge in [0.25, 0.3) is 5.91 Å². The first-order valence-electron chi connectivity index (χ1n) is 7.78. The minimum atomic E-state index is -1.10. The Labute approximate surface area is 162 Å². The molecule has 5 nitrogen and oxygen atoms in total. The molecular formula is C19H12ClFN2O3S. The monoisotopic (exact) mass is 402 g/mol. The highest BCUT2D eigenvalue weighted by Gasteiger charge is 2.24. The number of hydrogen-bond donors (Lipinski definition) is 1. The number of carbonyl (C=O) groups excluding carboxylic acids is 2. The second kappa shape index (κ2) is 7.74. The molecule has 3 rings (SSSR count). The molecule has 0 spiro atoms. The van der Waals surface area contributed by atoms with Gasteiger partial charge >= 0.3 is 5.97 Å². The zero-order chi connectivity index (χ0) is 19.6. The van der Waals surface area contributed by atoms with Gasteiger partial charge in [0.15, 0.2) is 6.10 Å². The Morgan fingerprint density at radius 2 is 2.07 bits per heavy atom. The molecule has 0 unspecified atom stereocenters. The number of hydrogen-bond acceptors (Lipinski definition) is 5. The van der Waals surface area contributed by atoms with Gasteiger partial charge < -0.3 is 10.1 Å². The average Bonchev–Trinajstić information content (AvgIpc) is 2.97.